The molecule has 0 radical (unpaired) electrons. The molecule has 0 atom stereocenters. The first-order valence-electron chi connectivity index (χ1n) is 6.51. The summed E-state index contributed by atoms with van der Waals surface area (Å²) in [5, 5.41) is 10.5. The predicted molar refractivity (Wildman–Crippen MR) is 71.5 cm³/mol. The predicted octanol–water partition coefficient (Wildman–Crippen LogP) is 1.65. The number of fused-ring (bicyclic) bond motifs is 1. The third kappa shape index (κ3) is 2.07. The Kier molecular flexibility index (Phi) is 2.92. The van der Waals surface area contributed by atoms with E-state index >= 15 is 0 Å². The maximum atomic E-state index is 12.3. The number of β-amino-alcohol motifs (C(OH)–C–C–N with tert-alkyl or cyclic N) is 1. The molecule has 2 aliphatic rings. The van der Waals surface area contributed by atoms with E-state index in [9.17, 15) is 9.90 Å². The molecule has 0 unspecified atom stereocenters. The van der Waals surface area contributed by atoms with Gasteiger partial charge in [0.25, 0.3) is 5.91 Å². The van der Waals surface area contributed by atoms with Crippen LogP contribution in [0.25, 0.3) is 5.70 Å². The van der Waals surface area contributed by atoms with Crippen LogP contribution in [0.15, 0.2) is 30.8 Å². The molecule has 4 heteroatoms. The van der Waals surface area contributed by atoms with Crippen LogP contribution in [0.2, 0.25) is 0 Å². The highest BCUT2D eigenvalue weighted by Gasteiger charge is 2.38. The lowest BCUT2D eigenvalue weighted by atomic mass is 9.93. The molecule has 1 aromatic rings. The molecule has 4 nitrogen and oxygen atoms in total. The summed E-state index contributed by atoms with van der Waals surface area (Å²) in [6.07, 6.45) is 1.11. The number of carbonyl (C=O) groups excluding carboxylic acids is 1. The quantitative estimate of drug-likeness (QED) is 0.878. The van der Waals surface area contributed by atoms with Crippen molar-refractivity contribution in [1.82, 2.24) is 4.90 Å². The first kappa shape index (κ1) is 12.4. The average molecular weight is 259 g/mol. The molecule has 1 fully saturated rings. The van der Waals surface area contributed by atoms with Gasteiger partial charge in [0.1, 0.15) is 0 Å². The molecule has 1 aromatic carbocycles. The minimum atomic E-state index is -0.862. The first-order valence-corrected chi connectivity index (χ1v) is 6.51. The van der Waals surface area contributed by atoms with Gasteiger partial charge in [0.2, 0.25) is 0 Å². The minimum Gasteiger partial charge on any atom is -0.388 e. The van der Waals surface area contributed by atoms with Crippen molar-refractivity contribution in [3.05, 3.63) is 42.0 Å². The van der Waals surface area contributed by atoms with Crippen molar-refractivity contribution in [3.63, 3.8) is 0 Å². The van der Waals surface area contributed by atoms with Gasteiger partial charge >= 0.3 is 0 Å². The third-order valence-electron chi connectivity index (χ3n) is 3.92. The summed E-state index contributed by atoms with van der Waals surface area (Å²) in [6, 6.07) is 7.43. The number of hydrogen-bond acceptors (Lipinski definition) is 3. The van der Waals surface area contributed by atoms with Crippen LogP contribution in [-0.2, 0) is 4.74 Å². The van der Waals surface area contributed by atoms with Crippen LogP contribution in [0.5, 0.6) is 0 Å². The molecule has 2 aliphatic heterocycles. The van der Waals surface area contributed by atoms with Gasteiger partial charge in [-0.2, -0.15) is 0 Å². The van der Waals surface area contributed by atoms with Gasteiger partial charge in [0.15, 0.2) is 0 Å². The van der Waals surface area contributed by atoms with Crippen molar-refractivity contribution >= 4 is 11.6 Å². The fourth-order valence-corrected chi connectivity index (χ4v) is 2.71. The molecule has 0 aromatic heterocycles. The lowest BCUT2D eigenvalue weighted by molar-refractivity contribution is -0.0702. The number of benzene rings is 1. The third-order valence-corrected chi connectivity index (χ3v) is 3.92. The van der Waals surface area contributed by atoms with Gasteiger partial charge in [0.05, 0.1) is 12.1 Å². The van der Waals surface area contributed by atoms with E-state index in [4.69, 9.17) is 4.74 Å². The van der Waals surface area contributed by atoms with Gasteiger partial charge in [-0.15, -0.1) is 0 Å². The summed E-state index contributed by atoms with van der Waals surface area (Å²) in [5.74, 6) is -0.0690. The van der Waals surface area contributed by atoms with Gasteiger partial charge in [-0.1, -0.05) is 24.8 Å². The Labute approximate surface area is 112 Å². The van der Waals surface area contributed by atoms with Crippen LogP contribution < -0.4 is 0 Å². The fraction of sp³-hybridized carbons (Fsp3) is 0.400. The second-order valence-electron chi connectivity index (χ2n) is 5.22. The van der Waals surface area contributed by atoms with E-state index in [0.29, 0.717) is 43.9 Å². The maximum absolute atomic E-state index is 12.3. The van der Waals surface area contributed by atoms with Crippen LogP contribution in [0, 0.1) is 0 Å². The molecule has 19 heavy (non-hydrogen) atoms. The molecule has 0 aliphatic carbocycles. The summed E-state index contributed by atoms with van der Waals surface area (Å²) in [5.41, 5.74) is 1.35. The van der Waals surface area contributed by atoms with E-state index < -0.39 is 5.60 Å². The highest BCUT2D eigenvalue weighted by atomic mass is 16.5. The van der Waals surface area contributed by atoms with Gasteiger partial charge < -0.3 is 14.7 Å². The van der Waals surface area contributed by atoms with E-state index in [0.717, 1.165) is 5.56 Å². The van der Waals surface area contributed by atoms with Crippen molar-refractivity contribution < 1.29 is 14.6 Å². The Morgan fingerprint density at radius 2 is 1.89 bits per heavy atom. The van der Waals surface area contributed by atoms with Crippen LogP contribution in [-0.4, -0.2) is 41.3 Å². The SMILES string of the molecule is C=C1c2ccccc2C(=O)N1CC1(O)CCOCC1. The Hall–Kier alpha value is -1.65. The van der Waals surface area contributed by atoms with Gasteiger partial charge in [-0.3, -0.25) is 4.79 Å². The first-order chi connectivity index (χ1) is 9.11. The van der Waals surface area contributed by atoms with Crippen LogP contribution in [0.4, 0.5) is 0 Å². The Morgan fingerprint density at radius 1 is 1.26 bits per heavy atom. The van der Waals surface area contributed by atoms with Crippen molar-refractivity contribution in [1.29, 1.82) is 0 Å². The van der Waals surface area contributed by atoms with Crippen molar-refractivity contribution in [2.75, 3.05) is 19.8 Å². The zero-order valence-electron chi connectivity index (χ0n) is 10.8. The Morgan fingerprint density at radius 3 is 2.53 bits per heavy atom. The highest BCUT2D eigenvalue weighted by Crippen LogP contribution is 2.34. The van der Waals surface area contributed by atoms with Crippen LogP contribution in [0.3, 0.4) is 0 Å². The van der Waals surface area contributed by atoms with E-state index in [-0.39, 0.29) is 5.91 Å². The largest absolute Gasteiger partial charge is 0.388 e. The number of ether oxygens (including phenoxy) is 1. The fourth-order valence-electron chi connectivity index (χ4n) is 2.71. The number of amides is 1. The van der Waals surface area contributed by atoms with Gasteiger partial charge in [0, 0.05) is 42.9 Å². The summed E-state index contributed by atoms with van der Waals surface area (Å²) >= 11 is 0. The van der Waals surface area contributed by atoms with Gasteiger partial charge in [-0.05, 0) is 6.07 Å². The molecule has 100 valence electrons. The van der Waals surface area contributed by atoms with Gasteiger partial charge in [-0.25, -0.2) is 0 Å². The average Bonchev–Trinajstić information content (AvgIpc) is 2.65. The normalized spacial score (nSPS) is 21.6. The maximum Gasteiger partial charge on any atom is 0.259 e. The van der Waals surface area contributed by atoms with E-state index in [2.05, 4.69) is 6.58 Å². The van der Waals surface area contributed by atoms with Crippen LogP contribution >= 0.6 is 0 Å². The lowest BCUT2D eigenvalue weighted by Crippen LogP contribution is -2.46. The summed E-state index contributed by atoms with van der Waals surface area (Å²) in [4.78, 5) is 13.9. The lowest BCUT2D eigenvalue weighted by Gasteiger charge is -2.35. The number of hydrogen-bond donors (Lipinski definition) is 1. The molecule has 3 rings (SSSR count). The molecule has 0 saturated carbocycles. The second-order valence-corrected chi connectivity index (χ2v) is 5.22. The van der Waals surface area contributed by atoms with E-state index in [1.807, 2.05) is 18.2 Å². The Balaban J connectivity index is 1.84. The molecular weight excluding hydrogens is 242 g/mol. The molecular formula is C15H17NO3. The zero-order chi connectivity index (χ0) is 13.5. The zero-order valence-corrected chi connectivity index (χ0v) is 10.8. The molecule has 1 N–H and O–H groups in total. The molecule has 0 bridgehead atoms. The number of aliphatic hydroxyl groups is 1. The van der Waals surface area contributed by atoms with Crippen molar-refractivity contribution in [2.24, 2.45) is 0 Å². The van der Waals surface area contributed by atoms with E-state index in [1.165, 1.54) is 0 Å². The standard InChI is InChI=1S/C15H17NO3/c1-11-12-4-2-3-5-13(12)14(17)16(11)10-15(18)6-8-19-9-7-15/h2-5,18H,1,6-10H2. The van der Waals surface area contributed by atoms with E-state index in [1.54, 1.807) is 11.0 Å². The second kappa shape index (κ2) is 4.47. The number of carbonyl (C=O) groups is 1. The van der Waals surface area contributed by atoms with Crippen molar-refractivity contribution in [2.45, 2.75) is 18.4 Å². The monoisotopic (exact) mass is 259 g/mol. The molecule has 2 heterocycles. The topological polar surface area (TPSA) is 49.8 Å². The summed E-state index contributed by atoms with van der Waals surface area (Å²) < 4.78 is 5.26. The number of rotatable bonds is 2. The smallest absolute Gasteiger partial charge is 0.259 e. The Bertz CT molecular complexity index is 497. The highest BCUT2D eigenvalue weighted by molar-refractivity contribution is 6.08. The summed E-state index contributed by atoms with van der Waals surface area (Å²) in [7, 11) is 0. The van der Waals surface area contributed by atoms with Crippen molar-refractivity contribution in [3.8, 4) is 0 Å². The molecule has 0 spiro atoms. The molecule has 1 saturated heterocycles. The number of nitrogens with zero attached hydrogens (tertiary/aromatic N) is 1. The molecule has 1 amide bonds. The van der Waals surface area contributed by atoms with Crippen LogP contribution in [0.1, 0.15) is 28.8 Å². The summed E-state index contributed by atoms with van der Waals surface area (Å²) in [6.45, 7) is 5.36. The minimum absolute atomic E-state index is 0.0690.